The lowest BCUT2D eigenvalue weighted by Gasteiger charge is -2.40. The van der Waals surface area contributed by atoms with Crippen molar-refractivity contribution in [1.82, 2.24) is 0 Å². The molecule has 0 saturated carbocycles. The van der Waals surface area contributed by atoms with Crippen LogP contribution in [0.5, 0.6) is 0 Å². The highest BCUT2D eigenvalue weighted by Crippen LogP contribution is 2.27. The summed E-state index contributed by atoms with van der Waals surface area (Å²) in [6.45, 7) is 12.3. The van der Waals surface area contributed by atoms with Gasteiger partial charge in [-0.25, -0.2) is 0 Å². The second kappa shape index (κ2) is 7.45. The van der Waals surface area contributed by atoms with Gasteiger partial charge >= 0.3 is 14.7 Å². The Bertz CT molecular complexity index is 313. The van der Waals surface area contributed by atoms with Gasteiger partial charge in [0.15, 0.2) is 16.6 Å². The first-order valence-electron chi connectivity index (χ1n) is 6.73. The van der Waals surface area contributed by atoms with E-state index in [0.29, 0.717) is 0 Å². The molecule has 1 unspecified atom stereocenters. The van der Waals surface area contributed by atoms with E-state index < -0.39 is 43.0 Å². The molecule has 0 fully saturated rings. The summed E-state index contributed by atoms with van der Waals surface area (Å²) in [5, 5.41) is -0.682. The Kier molecular flexibility index (Phi) is 7.67. The van der Waals surface area contributed by atoms with Gasteiger partial charge in [-0.3, -0.25) is 0 Å². The predicted octanol–water partition coefficient (Wildman–Crippen LogP) is 4.49. The molecule has 0 aliphatic rings. The smallest absolute Gasteiger partial charge is 0.411 e. The van der Waals surface area contributed by atoms with Crippen LogP contribution in [0.4, 0.5) is 13.2 Å². The topological polar surface area (TPSA) is 27.7 Å². The van der Waals surface area contributed by atoms with Crippen molar-refractivity contribution in [1.29, 1.82) is 0 Å². The van der Waals surface area contributed by atoms with Gasteiger partial charge in [-0.2, -0.15) is 13.2 Å². The second-order valence-electron chi connectivity index (χ2n) is 7.04. The highest BCUT2D eigenvalue weighted by Gasteiger charge is 2.46. The van der Waals surface area contributed by atoms with Crippen LogP contribution in [0.3, 0.4) is 0 Å². The van der Waals surface area contributed by atoms with E-state index in [4.69, 9.17) is 19.8 Å². The molecule has 0 amide bonds. The summed E-state index contributed by atoms with van der Waals surface area (Å²) in [5.41, 5.74) is 0. The standard InChI is InChI=1S/C11H26ClF3O3Si3/c1-19(2,3)17-21(7,18-20(4,5)6)10(12)8-16-9-11(13,14)15/h10H,8-9H2,1-7H3. The van der Waals surface area contributed by atoms with Crippen LogP contribution >= 0.6 is 11.6 Å². The first kappa shape index (κ1) is 21.6. The summed E-state index contributed by atoms with van der Waals surface area (Å²) in [4.78, 5) is 0. The fourth-order valence-electron chi connectivity index (χ4n) is 1.79. The zero-order valence-electron chi connectivity index (χ0n) is 13.7. The minimum atomic E-state index is -4.35. The molecule has 1 atom stereocenters. The maximum atomic E-state index is 12.1. The molecule has 0 aliphatic carbocycles. The van der Waals surface area contributed by atoms with Crippen molar-refractivity contribution >= 4 is 36.8 Å². The van der Waals surface area contributed by atoms with Crippen LogP contribution < -0.4 is 0 Å². The van der Waals surface area contributed by atoms with Crippen molar-refractivity contribution in [2.24, 2.45) is 0 Å². The summed E-state index contributed by atoms with van der Waals surface area (Å²) in [5.74, 6) is 0. The Morgan fingerprint density at radius 2 is 1.29 bits per heavy atom. The Morgan fingerprint density at radius 3 is 1.57 bits per heavy atom. The fourth-order valence-corrected chi connectivity index (χ4v) is 14.4. The lowest BCUT2D eigenvalue weighted by Crippen LogP contribution is -2.59. The molecular formula is C11H26ClF3O3Si3. The van der Waals surface area contributed by atoms with E-state index in [1.54, 1.807) is 0 Å². The van der Waals surface area contributed by atoms with Crippen LogP contribution in [0.2, 0.25) is 45.8 Å². The molecule has 0 aliphatic heterocycles. The molecule has 0 spiro atoms. The number of hydrogen-bond donors (Lipinski definition) is 0. The Labute approximate surface area is 133 Å². The van der Waals surface area contributed by atoms with Crippen LogP contribution in [-0.2, 0) is 13.0 Å². The van der Waals surface area contributed by atoms with Crippen LogP contribution in [0.25, 0.3) is 0 Å². The molecule has 0 N–H and O–H groups in total. The maximum absolute atomic E-state index is 12.1. The third kappa shape index (κ3) is 10.9. The van der Waals surface area contributed by atoms with Crippen molar-refractivity contribution < 1.29 is 26.1 Å². The van der Waals surface area contributed by atoms with E-state index in [1.165, 1.54) is 0 Å². The summed E-state index contributed by atoms with van der Waals surface area (Å²) in [6.07, 6.45) is -4.35. The molecule has 0 aromatic carbocycles. The molecule has 0 radical (unpaired) electrons. The van der Waals surface area contributed by atoms with E-state index in [-0.39, 0.29) is 6.61 Å². The van der Waals surface area contributed by atoms with Crippen LogP contribution in [0.1, 0.15) is 0 Å². The van der Waals surface area contributed by atoms with Crippen LogP contribution in [-0.4, -0.2) is 49.6 Å². The van der Waals surface area contributed by atoms with Gasteiger partial charge in [0.1, 0.15) is 6.61 Å². The molecule has 3 nitrogen and oxygen atoms in total. The molecule has 0 bridgehead atoms. The summed E-state index contributed by atoms with van der Waals surface area (Å²) >= 11 is 6.29. The van der Waals surface area contributed by atoms with Gasteiger partial charge in [-0.1, -0.05) is 0 Å². The fraction of sp³-hybridized carbons (Fsp3) is 1.00. The number of hydrogen-bond acceptors (Lipinski definition) is 3. The Morgan fingerprint density at radius 1 is 0.905 bits per heavy atom. The quantitative estimate of drug-likeness (QED) is 0.457. The average Bonchev–Trinajstić information content (AvgIpc) is 2.08. The summed E-state index contributed by atoms with van der Waals surface area (Å²) < 4.78 is 53.4. The van der Waals surface area contributed by atoms with Gasteiger partial charge in [0, 0.05) is 0 Å². The van der Waals surface area contributed by atoms with E-state index in [2.05, 4.69) is 4.74 Å². The normalized spacial score (nSPS) is 16.1. The van der Waals surface area contributed by atoms with Gasteiger partial charge < -0.3 is 13.0 Å². The largest absolute Gasteiger partial charge is 0.436 e. The molecule has 0 aromatic rings. The highest BCUT2D eigenvalue weighted by molar-refractivity contribution is 6.91. The van der Waals surface area contributed by atoms with Gasteiger partial charge in [-0.15, -0.1) is 11.6 Å². The molecule has 21 heavy (non-hydrogen) atoms. The van der Waals surface area contributed by atoms with Crippen LogP contribution in [0.15, 0.2) is 0 Å². The number of halogens is 4. The monoisotopic (exact) mass is 382 g/mol. The minimum Gasteiger partial charge on any atom is -0.436 e. The SMILES string of the molecule is C[Si](C)(C)O[Si](C)(O[Si](C)(C)C)C(Cl)COCC(F)(F)F. The molecule has 0 saturated heterocycles. The van der Waals surface area contributed by atoms with Gasteiger partial charge in [0.05, 0.1) is 11.6 Å². The number of alkyl halides is 4. The molecular weight excluding hydrogens is 357 g/mol. The third-order valence-corrected chi connectivity index (χ3v) is 12.9. The van der Waals surface area contributed by atoms with Crippen molar-refractivity contribution in [3.05, 3.63) is 0 Å². The second-order valence-corrected chi connectivity index (χ2v) is 20.7. The van der Waals surface area contributed by atoms with Gasteiger partial charge in [0.25, 0.3) is 0 Å². The van der Waals surface area contributed by atoms with Crippen molar-refractivity contribution in [3.8, 4) is 0 Å². The lowest BCUT2D eigenvalue weighted by atomic mass is 10.7. The third-order valence-electron chi connectivity index (χ3n) is 2.12. The molecule has 0 aromatic heterocycles. The Balaban J connectivity index is 4.87. The average molecular weight is 383 g/mol. The molecule has 0 heterocycles. The first-order valence-corrected chi connectivity index (χ1v) is 16.4. The zero-order chi connectivity index (χ0) is 17.1. The van der Waals surface area contributed by atoms with E-state index in [1.807, 2.05) is 45.8 Å². The lowest BCUT2D eigenvalue weighted by molar-refractivity contribution is -0.173. The van der Waals surface area contributed by atoms with E-state index in [0.717, 1.165) is 0 Å². The van der Waals surface area contributed by atoms with Gasteiger partial charge in [0.2, 0.25) is 0 Å². The van der Waals surface area contributed by atoms with E-state index >= 15 is 0 Å². The van der Waals surface area contributed by atoms with Gasteiger partial charge in [-0.05, 0) is 45.8 Å². The highest BCUT2D eigenvalue weighted by atomic mass is 35.5. The van der Waals surface area contributed by atoms with Crippen molar-refractivity contribution in [3.63, 3.8) is 0 Å². The summed E-state index contributed by atoms with van der Waals surface area (Å²) in [6, 6.07) is 0. The molecule has 0 rings (SSSR count). The van der Waals surface area contributed by atoms with E-state index in [9.17, 15) is 13.2 Å². The minimum absolute atomic E-state index is 0.223. The molecule has 10 heteroatoms. The van der Waals surface area contributed by atoms with Crippen molar-refractivity contribution in [2.45, 2.75) is 57.0 Å². The number of ether oxygens (including phenoxy) is 1. The summed E-state index contributed by atoms with van der Waals surface area (Å²) in [7, 11) is -6.69. The Hall–Kier alpha value is 0.611. The predicted molar refractivity (Wildman–Crippen MR) is 87.0 cm³/mol. The zero-order valence-corrected chi connectivity index (χ0v) is 17.5. The molecule has 128 valence electrons. The first-order chi connectivity index (χ1) is 9.04. The van der Waals surface area contributed by atoms with Crippen LogP contribution in [0, 0.1) is 0 Å². The number of rotatable bonds is 8. The van der Waals surface area contributed by atoms with Crippen molar-refractivity contribution in [2.75, 3.05) is 13.2 Å². The maximum Gasteiger partial charge on any atom is 0.411 e.